The Hall–Kier alpha value is -2.08. The summed E-state index contributed by atoms with van der Waals surface area (Å²) in [6.45, 7) is 0. The van der Waals surface area contributed by atoms with E-state index in [1.165, 1.54) is 35.5 Å². The summed E-state index contributed by atoms with van der Waals surface area (Å²) in [6.07, 6.45) is 6.55. The van der Waals surface area contributed by atoms with E-state index in [4.69, 9.17) is 5.73 Å². The summed E-state index contributed by atoms with van der Waals surface area (Å²) < 4.78 is 0. The maximum atomic E-state index is 12.0. The monoisotopic (exact) mass is 300 g/mol. The molecule has 1 aliphatic carbocycles. The molecule has 108 valence electrons. The Bertz CT molecular complexity index is 674. The number of hydrogen-bond acceptors (Lipinski definition) is 5. The molecule has 0 bridgehead atoms. The molecule has 0 radical (unpaired) electrons. The van der Waals surface area contributed by atoms with Crippen molar-refractivity contribution in [2.45, 2.75) is 24.3 Å². The molecule has 0 atom stereocenters. The third-order valence-electron chi connectivity index (χ3n) is 3.41. The van der Waals surface area contributed by atoms with Gasteiger partial charge >= 0.3 is 0 Å². The van der Waals surface area contributed by atoms with Gasteiger partial charge in [0.15, 0.2) is 5.82 Å². The van der Waals surface area contributed by atoms with Crippen molar-refractivity contribution in [1.29, 1.82) is 0 Å². The van der Waals surface area contributed by atoms with E-state index in [0.717, 1.165) is 18.5 Å². The highest BCUT2D eigenvalue weighted by Gasteiger charge is 2.12. The number of carbonyl (C=O) groups is 1. The maximum Gasteiger partial charge on any atom is 0.234 e. The number of anilines is 2. The third kappa shape index (κ3) is 3.33. The van der Waals surface area contributed by atoms with E-state index in [2.05, 4.69) is 27.4 Å². The average molecular weight is 300 g/mol. The molecule has 1 amide bonds. The fourth-order valence-corrected chi connectivity index (χ4v) is 3.10. The molecule has 0 fully saturated rings. The molecule has 3 rings (SSSR count). The van der Waals surface area contributed by atoms with Crippen LogP contribution in [0.2, 0.25) is 0 Å². The first-order valence-electron chi connectivity index (χ1n) is 6.83. The summed E-state index contributed by atoms with van der Waals surface area (Å²) in [5, 5.41) is 3.50. The molecule has 0 saturated carbocycles. The zero-order valence-corrected chi connectivity index (χ0v) is 12.3. The molecule has 21 heavy (non-hydrogen) atoms. The number of fused-ring (bicyclic) bond motifs is 1. The number of nitrogens with zero attached hydrogens (tertiary/aromatic N) is 2. The average Bonchev–Trinajstić information content (AvgIpc) is 2.94. The van der Waals surface area contributed by atoms with Gasteiger partial charge in [-0.15, -0.1) is 0 Å². The quantitative estimate of drug-likeness (QED) is 0.847. The number of hydrogen-bond donors (Lipinski definition) is 2. The molecular formula is C15H16N4OS. The normalized spacial score (nSPS) is 13.0. The van der Waals surface area contributed by atoms with Crippen molar-refractivity contribution in [1.82, 2.24) is 9.97 Å². The number of thioether (sulfide) groups is 1. The number of carbonyl (C=O) groups excluding carboxylic acids is 1. The SMILES string of the molecule is Nc1nccnc1SCC(=O)Nc1ccc2c(c1)CCC2. The minimum Gasteiger partial charge on any atom is -0.381 e. The predicted octanol–water partition coefficient (Wildman–Crippen LogP) is 2.28. The van der Waals surface area contributed by atoms with E-state index in [1.807, 2.05) is 6.07 Å². The summed E-state index contributed by atoms with van der Waals surface area (Å²) in [5.41, 5.74) is 9.29. The number of benzene rings is 1. The summed E-state index contributed by atoms with van der Waals surface area (Å²) in [7, 11) is 0. The summed E-state index contributed by atoms with van der Waals surface area (Å²) in [5.74, 6) is 0.552. The first kappa shape index (κ1) is 13.9. The Morgan fingerprint density at radius 2 is 2.05 bits per heavy atom. The second kappa shape index (κ2) is 6.13. The van der Waals surface area contributed by atoms with E-state index in [-0.39, 0.29) is 11.7 Å². The molecule has 1 heterocycles. The molecule has 0 unspecified atom stereocenters. The van der Waals surface area contributed by atoms with Crippen molar-refractivity contribution in [2.75, 3.05) is 16.8 Å². The van der Waals surface area contributed by atoms with Crippen molar-refractivity contribution in [3.8, 4) is 0 Å². The third-order valence-corrected chi connectivity index (χ3v) is 4.41. The minimum absolute atomic E-state index is 0.0667. The van der Waals surface area contributed by atoms with Crippen LogP contribution >= 0.6 is 11.8 Å². The lowest BCUT2D eigenvalue weighted by Crippen LogP contribution is -2.14. The van der Waals surface area contributed by atoms with E-state index in [0.29, 0.717) is 10.8 Å². The van der Waals surface area contributed by atoms with E-state index >= 15 is 0 Å². The van der Waals surface area contributed by atoms with Gasteiger partial charge in [0.2, 0.25) is 5.91 Å². The zero-order chi connectivity index (χ0) is 14.7. The molecule has 2 aromatic rings. The standard InChI is InChI=1S/C15H16N4OS/c16-14-15(18-7-6-17-14)21-9-13(20)19-12-5-4-10-2-1-3-11(10)8-12/h4-8H,1-3,9H2,(H2,16,17)(H,19,20). The van der Waals surface area contributed by atoms with Gasteiger partial charge < -0.3 is 11.1 Å². The van der Waals surface area contributed by atoms with Crippen molar-refractivity contribution in [2.24, 2.45) is 0 Å². The molecule has 0 aliphatic heterocycles. The van der Waals surface area contributed by atoms with Crippen LogP contribution in [0.3, 0.4) is 0 Å². The lowest BCUT2D eigenvalue weighted by Gasteiger charge is -2.07. The number of aryl methyl sites for hydroxylation is 2. The van der Waals surface area contributed by atoms with Crippen LogP contribution < -0.4 is 11.1 Å². The number of aromatic nitrogens is 2. The van der Waals surface area contributed by atoms with E-state index in [1.54, 1.807) is 6.20 Å². The second-order valence-corrected chi connectivity index (χ2v) is 5.88. The Morgan fingerprint density at radius 1 is 1.24 bits per heavy atom. The van der Waals surface area contributed by atoms with Crippen LogP contribution in [0.4, 0.5) is 11.5 Å². The number of nitrogens with one attached hydrogen (secondary N) is 1. The molecule has 3 N–H and O–H groups in total. The van der Waals surface area contributed by atoms with Crippen molar-refractivity contribution in [3.63, 3.8) is 0 Å². The highest BCUT2D eigenvalue weighted by Crippen LogP contribution is 2.25. The van der Waals surface area contributed by atoms with Gasteiger partial charge in [0, 0.05) is 18.1 Å². The topological polar surface area (TPSA) is 80.9 Å². The number of nitrogens with two attached hydrogens (primary N) is 1. The highest BCUT2D eigenvalue weighted by atomic mass is 32.2. The van der Waals surface area contributed by atoms with Gasteiger partial charge in [-0.3, -0.25) is 4.79 Å². The first-order valence-corrected chi connectivity index (χ1v) is 7.82. The van der Waals surface area contributed by atoms with Gasteiger partial charge in [-0.25, -0.2) is 9.97 Å². The Balaban J connectivity index is 1.58. The smallest absolute Gasteiger partial charge is 0.234 e. The molecule has 1 aliphatic rings. The molecule has 1 aromatic carbocycles. The lowest BCUT2D eigenvalue weighted by atomic mass is 10.1. The molecule has 0 saturated heterocycles. The fraction of sp³-hybridized carbons (Fsp3) is 0.267. The summed E-state index contributed by atoms with van der Waals surface area (Å²) >= 11 is 1.29. The molecule has 1 aromatic heterocycles. The molecule has 6 heteroatoms. The van der Waals surface area contributed by atoms with Crippen LogP contribution in [0.15, 0.2) is 35.6 Å². The van der Waals surface area contributed by atoms with E-state index < -0.39 is 0 Å². The second-order valence-electron chi connectivity index (χ2n) is 4.92. The fourth-order valence-electron chi connectivity index (χ4n) is 2.43. The van der Waals surface area contributed by atoms with Crippen molar-refractivity contribution < 1.29 is 4.79 Å². The van der Waals surface area contributed by atoms with Gasteiger partial charge in [0.05, 0.1) is 5.75 Å². The van der Waals surface area contributed by atoms with Gasteiger partial charge in [-0.1, -0.05) is 17.8 Å². The Labute approximate surface area is 127 Å². The van der Waals surface area contributed by atoms with Gasteiger partial charge in [0.25, 0.3) is 0 Å². The predicted molar refractivity (Wildman–Crippen MR) is 84.3 cm³/mol. The largest absolute Gasteiger partial charge is 0.381 e. The summed E-state index contributed by atoms with van der Waals surface area (Å²) in [6, 6.07) is 6.14. The van der Waals surface area contributed by atoms with Crippen molar-refractivity contribution >= 4 is 29.2 Å². The molecule has 0 spiro atoms. The van der Waals surface area contributed by atoms with Crippen LogP contribution in [0.25, 0.3) is 0 Å². The van der Waals surface area contributed by atoms with Crippen LogP contribution in [0.1, 0.15) is 17.5 Å². The first-order chi connectivity index (χ1) is 10.2. The zero-order valence-electron chi connectivity index (χ0n) is 11.5. The van der Waals surface area contributed by atoms with Crippen molar-refractivity contribution in [3.05, 3.63) is 41.7 Å². The van der Waals surface area contributed by atoms with E-state index in [9.17, 15) is 4.79 Å². The van der Waals surface area contributed by atoms with Gasteiger partial charge in [-0.2, -0.15) is 0 Å². The van der Waals surface area contributed by atoms with Crippen LogP contribution in [0, 0.1) is 0 Å². The highest BCUT2D eigenvalue weighted by molar-refractivity contribution is 8.00. The van der Waals surface area contributed by atoms with Crippen LogP contribution in [0.5, 0.6) is 0 Å². The summed E-state index contributed by atoms with van der Waals surface area (Å²) in [4.78, 5) is 20.0. The molecule has 5 nitrogen and oxygen atoms in total. The number of nitrogen functional groups attached to an aromatic ring is 1. The van der Waals surface area contributed by atoms with Crippen LogP contribution in [-0.4, -0.2) is 21.6 Å². The van der Waals surface area contributed by atoms with Gasteiger partial charge in [0.1, 0.15) is 5.03 Å². The Kier molecular flexibility index (Phi) is 4.06. The van der Waals surface area contributed by atoms with Gasteiger partial charge in [-0.05, 0) is 42.5 Å². The Morgan fingerprint density at radius 3 is 2.90 bits per heavy atom. The lowest BCUT2D eigenvalue weighted by molar-refractivity contribution is -0.113. The maximum absolute atomic E-state index is 12.0. The van der Waals surface area contributed by atoms with Crippen LogP contribution in [-0.2, 0) is 17.6 Å². The number of amides is 1. The minimum atomic E-state index is -0.0667. The number of rotatable bonds is 4. The molecular weight excluding hydrogens is 284 g/mol.